The first-order valence-corrected chi connectivity index (χ1v) is 6.18. The molecule has 1 amide bonds. The lowest BCUT2D eigenvalue weighted by molar-refractivity contribution is -0.137. The molecule has 8 heteroatoms. The van der Waals surface area contributed by atoms with Crippen LogP contribution in [0.2, 0.25) is 0 Å². The normalized spacial score (nSPS) is 11.2. The van der Waals surface area contributed by atoms with Crippen LogP contribution >= 0.6 is 0 Å². The summed E-state index contributed by atoms with van der Waals surface area (Å²) in [6.07, 6.45) is -3.66. The van der Waals surface area contributed by atoms with E-state index in [2.05, 4.69) is 15.6 Å². The van der Waals surface area contributed by atoms with Gasteiger partial charge in [0.25, 0.3) is 0 Å². The standard InChI is InChI=1S/C12H17F3N4O/c1-2-4-17-10-6-8(12(13,14)15)7-11(19-10)18-5-3-9(16)20/h6-7H,2-5H2,1H3,(H2,16,20)(H2,17,18,19). The molecule has 0 unspecified atom stereocenters. The van der Waals surface area contributed by atoms with E-state index in [0.29, 0.717) is 6.54 Å². The van der Waals surface area contributed by atoms with Gasteiger partial charge in [-0.25, -0.2) is 4.98 Å². The summed E-state index contributed by atoms with van der Waals surface area (Å²) >= 11 is 0. The minimum absolute atomic E-state index is 0.0235. The van der Waals surface area contributed by atoms with Gasteiger partial charge in [0.15, 0.2) is 0 Å². The predicted molar refractivity (Wildman–Crippen MR) is 70.3 cm³/mol. The Hall–Kier alpha value is -1.99. The molecule has 0 radical (unpaired) electrons. The molecule has 4 N–H and O–H groups in total. The minimum Gasteiger partial charge on any atom is -0.370 e. The molecule has 1 aromatic heterocycles. The van der Waals surface area contributed by atoms with E-state index in [-0.39, 0.29) is 24.6 Å². The summed E-state index contributed by atoms with van der Waals surface area (Å²) in [5, 5.41) is 5.46. The SMILES string of the molecule is CCCNc1cc(C(F)(F)F)cc(NCCC(N)=O)n1. The Kier molecular flexibility index (Phi) is 5.60. The largest absolute Gasteiger partial charge is 0.416 e. The van der Waals surface area contributed by atoms with Crippen molar-refractivity contribution in [1.29, 1.82) is 0 Å². The molecule has 1 heterocycles. The number of carbonyl (C=O) groups excluding carboxylic acids is 1. The topological polar surface area (TPSA) is 80.0 Å². The summed E-state index contributed by atoms with van der Waals surface area (Å²) in [4.78, 5) is 14.6. The molecule has 0 saturated carbocycles. The van der Waals surface area contributed by atoms with Gasteiger partial charge in [-0.15, -0.1) is 0 Å². The average Bonchev–Trinajstić information content (AvgIpc) is 2.34. The van der Waals surface area contributed by atoms with Crippen LogP contribution in [0.25, 0.3) is 0 Å². The third kappa shape index (κ3) is 5.33. The van der Waals surface area contributed by atoms with Crippen LogP contribution in [0.5, 0.6) is 0 Å². The number of amides is 1. The number of nitrogens with two attached hydrogens (primary N) is 1. The number of nitrogens with one attached hydrogen (secondary N) is 2. The third-order valence-electron chi connectivity index (χ3n) is 2.39. The first-order valence-electron chi connectivity index (χ1n) is 6.18. The summed E-state index contributed by atoms with van der Waals surface area (Å²) in [6.45, 7) is 2.55. The van der Waals surface area contributed by atoms with E-state index in [1.807, 2.05) is 6.92 Å². The zero-order valence-corrected chi connectivity index (χ0v) is 11.0. The third-order valence-corrected chi connectivity index (χ3v) is 2.39. The molecule has 5 nitrogen and oxygen atoms in total. The summed E-state index contributed by atoms with van der Waals surface area (Å²) < 4.78 is 38.3. The van der Waals surface area contributed by atoms with Gasteiger partial charge in [0, 0.05) is 19.5 Å². The van der Waals surface area contributed by atoms with Crippen molar-refractivity contribution in [2.24, 2.45) is 5.73 Å². The molecule has 20 heavy (non-hydrogen) atoms. The van der Waals surface area contributed by atoms with Crippen LogP contribution in [0.3, 0.4) is 0 Å². The number of aromatic nitrogens is 1. The van der Waals surface area contributed by atoms with Gasteiger partial charge >= 0.3 is 6.18 Å². The smallest absolute Gasteiger partial charge is 0.370 e. The van der Waals surface area contributed by atoms with Gasteiger partial charge in [0.05, 0.1) is 5.56 Å². The minimum atomic E-state index is -4.45. The monoisotopic (exact) mass is 290 g/mol. The van der Waals surface area contributed by atoms with Gasteiger partial charge in [0.2, 0.25) is 5.91 Å². The fourth-order valence-electron chi connectivity index (χ4n) is 1.44. The number of halogens is 3. The fraction of sp³-hybridized carbons (Fsp3) is 0.500. The maximum Gasteiger partial charge on any atom is 0.416 e. The molecule has 0 fully saturated rings. The Morgan fingerprint density at radius 2 is 1.80 bits per heavy atom. The van der Waals surface area contributed by atoms with Crippen LogP contribution in [-0.4, -0.2) is 24.0 Å². The van der Waals surface area contributed by atoms with Crippen LogP contribution in [0.1, 0.15) is 25.3 Å². The lowest BCUT2D eigenvalue weighted by Crippen LogP contribution is -2.17. The molecule has 1 rings (SSSR count). The van der Waals surface area contributed by atoms with Crippen molar-refractivity contribution in [2.45, 2.75) is 25.9 Å². The highest BCUT2D eigenvalue weighted by atomic mass is 19.4. The highest BCUT2D eigenvalue weighted by Crippen LogP contribution is 2.32. The summed E-state index contributed by atoms with van der Waals surface area (Å²) in [6, 6.07) is 1.85. The number of hydrogen-bond acceptors (Lipinski definition) is 4. The number of carbonyl (C=O) groups is 1. The van der Waals surface area contributed by atoms with Crippen LogP contribution in [0, 0.1) is 0 Å². The van der Waals surface area contributed by atoms with E-state index in [1.54, 1.807) is 0 Å². The highest BCUT2D eigenvalue weighted by molar-refractivity contribution is 5.74. The maximum absolute atomic E-state index is 12.8. The Morgan fingerprint density at radius 1 is 1.25 bits per heavy atom. The summed E-state index contributed by atoms with van der Waals surface area (Å²) in [5.41, 5.74) is 4.16. The molecule has 1 aromatic rings. The Balaban J connectivity index is 2.88. The highest BCUT2D eigenvalue weighted by Gasteiger charge is 2.31. The number of alkyl halides is 3. The molecule has 0 atom stereocenters. The first-order chi connectivity index (χ1) is 9.32. The van der Waals surface area contributed by atoms with Gasteiger partial charge < -0.3 is 16.4 Å². The van der Waals surface area contributed by atoms with E-state index in [1.165, 1.54) is 0 Å². The van der Waals surface area contributed by atoms with E-state index in [9.17, 15) is 18.0 Å². The number of primary amides is 1. The second-order valence-electron chi connectivity index (χ2n) is 4.19. The Labute approximate surface area is 114 Å². The van der Waals surface area contributed by atoms with E-state index in [4.69, 9.17) is 5.73 Å². The van der Waals surface area contributed by atoms with E-state index in [0.717, 1.165) is 18.6 Å². The molecule has 0 aliphatic carbocycles. The molecule has 112 valence electrons. The molecular weight excluding hydrogens is 273 g/mol. The summed E-state index contributed by atoms with van der Waals surface area (Å²) in [7, 11) is 0. The molecule has 0 aliphatic heterocycles. The van der Waals surface area contributed by atoms with Gasteiger partial charge in [-0.3, -0.25) is 4.79 Å². The molecule has 0 spiro atoms. The lowest BCUT2D eigenvalue weighted by atomic mass is 10.2. The van der Waals surface area contributed by atoms with Crippen molar-refractivity contribution in [3.63, 3.8) is 0 Å². The zero-order valence-electron chi connectivity index (χ0n) is 11.0. The van der Waals surface area contributed by atoms with Crippen molar-refractivity contribution < 1.29 is 18.0 Å². The van der Waals surface area contributed by atoms with Crippen LogP contribution in [0.4, 0.5) is 24.8 Å². The number of hydrogen-bond donors (Lipinski definition) is 3. The van der Waals surface area contributed by atoms with Crippen LogP contribution < -0.4 is 16.4 Å². The molecule has 0 saturated heterocycles. The maximum atomic E-state index is 12.8. The Bertz CT molecular complexity index is 463. The van der Waals surface area contributed by atoms with Gasteiger partial charge in [-0.05, 0) is 18.6 Å². The van der Waals surface area contributed by atoms with Crippen molar-refractivity contribution in [3.05, 3.63) is 17.7 Å². The Morgan fingerprint density at radius 3 is 2.25 bits per heavy atom. The summed E-state index contributed by atoms with van der Waals surface area (Å²) in [5.74, 6) is -0.336. The number of pyridine rings is 1. The van der Waals surface area contributed by atoms with Crippen molar-refractivity contribution in [3.8, 4) is 0 Å². The number of rotatable bonds is 7. The van der Waals surface area contributed by atoms with Crippen molar-refractivity contribution in [2.75, 3.05) is 23.7 Å². The van der Waals surface area contributed by atoms with Crippen LogP contribution in [-0.2, 0) is 11.0 Å². The second-order valence-corrected chi connectivity index (χ2v) is 4.19. The molecule has 0 aliphatic rings. The van der Waals surface area contributed by atoms with Crippen molar-refractivity contribution >= 4 is 17.5 Å². The van der Waals surface area contributed by atoms with E-state index >= 15 is 0 Å². The van der Waals surface area contributed by atoms with Crippen LogP contribution in [0.15, 0.2) is 12.1 Å². The second kappa shape index (κ2) is 6.97. The first kappa shape index (κ1) is 16.1. The average molecular weight is 290 g/mol. The number of nitrogens with zero attached hydrogens (tertiary/aromatic N) is 1. The molecule has 0 bridgehead atoms. The zero-order chi connectivity index (χ0) is 15.2. The fourth-order valence-corrected chi connectivity index (χ4v) is 1.44. The van der Waals surface area contributed by atoms with Gasteiger partial charge in [0.1, 0.15) is 11.6 Å². The lowest BCUT2D eigenvalue weighted by Gasteiger charge is -2.13. The quantitative estimate of drug-likeness (QED) is 0.719. The molecular formula is C12H17F3N4O. The predicted octanol–water partition coefficient (Wildman–Crippen LogP) is 2.21. The van der Waals surface area contributed by atoms with Gasteiger partial charge in [-0.2, -0.15) is 13.2 Å². The van der Waals surface area contributed by atoms with Crippen molar-refractivity contribution in [1.82, 2.24) is 4.98 Å². The van der Waals surface area contributed by atoms with Gasteiger partial charge in [-0.1, -0.05) is 6.92 Å². The molecule has 0 aromatic carbocycles. The van der Waals surface area contributed by atoms with E-state index < -0.39 is 17.6 Å². The number of anilines is 2.